The number of aryl methyl sites for hydroxylation is 1. The monoisotopic (exact) mass is 328 g/mol. The number of nitrogens with zero attached hydrogens (tertiary/aromatic N) is 1. The number of rotatable bonds is 7. The predicted molar refractivity (Wildman–Crippen MR) is 93.1 cm³/mol. The second-order valence-electron chi connectivity index (χ2n) is 5.59. The number of aromatic nitrogens is 1. The smallest absolute Gasteiger partial charge is 0.339 e. The molecule has 0 bridgehead atoms. The van der Waals surface area contributed by atoms with Crippen molar-refractivity contribution < 1.29 is 14.3 Å². The molecule has 0 atom stereocenters. The quantitative estimate of drug-likeness (QED) is 0.795. The first-order valence-electron chi connectivity index (χ1n) is 8.21. The number of esters is 1. The number of carbonyl (C=O) groups is 2. The van der Waals surface area contributed by atoms with E-state index in [0.717, 1.165) is 23.2 Å². The molecule has 2 rings (SSSR count). The van der Waals surface area contributed by atoms with Crippen LogP contribution in [-0.4, -0.2) is 30.1 Å². The molecule has 0 aliphatic carbocycles. The van der Waals surface area contributed by atoms with Crippen molar-refractivity contribution in [1.82, 2.24) is 9.88 Å². The lowest BCUT2D eigenvalue weighted by Crippen LogP contribution is -2.19. The first kappa shape index (κ1) is 17.8. The molecule has 5 heteroatoms. The van der Waals surface area contributed by atoms with Crippen molar-refractivity contribution in [2.45, 2.75) is 33.2 Å². The minimum Gasteiger partial charge on any atom is -0.462 e. The molecule has 1 N–H and O–H groups in total. The highest BCUT2D eigenvalue weighted by Crippen LogP contribution is 2.15. The van der Waals surface area contributed by atoms with Crippen LogP contribution in [0.15, 0.2) is 36.5 Å². The van der Waals surface area contributed by atoms with E-state index in [-0.39, 0.29) is 11.9 Å². The summed E-state index contributed by atoms with van der Waals surface area (Å²) < 4.78 is 7.13. The minimum absolute atomic E-state index is 0.000470. The van der Waals surface area contributed by atoms with Gasteiger partial charge in [-0.25, -0.2) is 4.79 Å². The van der Waals surface area contributed by atoms with Crippen molar-refractivity contribution in [2.75, 3.05) is 13.7 Å². The van der Waals surface area contributed by atoms with Crippen molar-refractivity contribution >= 4 is 11.9 Å². The Kier molecular flexibility index (Phi) is 6.18. The number of hydrogen-bond donors (Lipinski definition) is 1. The van der Waals surface area contributed by atoms with E-state index in [2.05, 4.69) is 16.8 Å². The molecular weight excluding hydrogens is 304 g/mol. The Morgan fingerprint density at radius 3 is 2.38 bits per heavy atom. The summed E-state index contributed by atoms with van der Waals surface area (Å²) in [5, 5.41) is 2.62. The number of carbonyl (C=O) groups excluding carboxylic acids is 2. The summed E-state index contributed by atoms with van der Waals surface area (Å²) in [6, 6.07) is 9.85. The summed E-state index contributed by atoms with van der Waals surface area (Å²) in [6.45, 7) is 4.92. The third-order valence-electron chi connectivity index (χ3n) is 3.88. The van der Waals surface area contributed by atoms with E-state index < -0.39 is 0 Å². The van der Waals surface area contributed by atoms with E-state index in [4.69, 9.17) is 4.74 Å². The normalized spacial score (nSPS) is 10.5. The fraction of sp³-hybridized carbons (Fsp3) is 0.368. The molecular formula is C19H24N2O3. The summed E-state index contributed by atoms with van der Waals surface area (Å²) in [7, 11) is 1.64. The highest BCUT2D eigenvalue weighted by molar-refractivity contribution is 5.89. The van der Waals surface area contributed by atoms with Gasteiger partial charge in [-0.15, -0.1) is 0 Å². The highest BCUT2D eigenvalue weighted by Gasteiger charge is 2.12. The second-order valence-corrected chi connectivity index (χ2v) is 5.59. The number of benzene rings is 1. The second kappa shape index (κ2) is 8.34. The van der Waals surface area contributed by atoms with E-state index in [9.17, 15) is 9.59 Å². The maximum Gasteiger partial charge on any atom is 0.339 e. The predicted octanol–water partition coefficient (Wildman–Crippen LogP) is 2.56. The summed E-state index contributed by atoms with van der Waals surface area (Å²) in [4.78, 5) is 23.3. The van der Waals surface area contributed by atoms with Crippen LogP contribution in [0.2, 0.25) is 0 Å². The maximum absolute atomic E-state index is 11.9. The average Bonchev–Trinajstić information content (AvgIpc) is 2.99. The van der Waals surface area contributed by atoms with Crippen molar-refractivity contribution in [2.24, 2.45) is 0 Å². The Labute approximate surface area is 142 Å². The van der Waals surface area contributed by atoms with Gasteiger partial charge in [-0.3, -0.25) is 4.79 Å². The molecule has 1 aromatic carbocycles. The fourth-order valence-electron chi connectivity index (χ4n) is 2.56. The lowest BCUT2D eigenvalue weighted by atomic mass is 10.1. The first-order valence-corrected chi connectivity index (χ1v) is 8.21. The van der Waals surface area contributed by atoms with Gasteiger partial charge in [0.1, 0.15) is 0 Å². The van der Waals surface area contributed by atoms with Gasteiger partial charge in [-0.2, -0.15) is 0 Å². The number of amides is 1. The molecule has 1 amide bonds. The largest absolute Gasteiger partial charge is 0.462 e. The molecule has 1 heterocycles. The Morgan fingerprint density at radius 1 is 1.12 bits per heavy atom. The van der Waals surface area contributed by atoms with Gasteiger partial charge in [0.05, 0.1) is 18.6 Å². The third-order valence-corrected chi connectivity index (χ3v) is 3.88. The lowest BCUT2D eigenvalue weighted by Gasteiger charge is -2.08. The molecule has 0 aliphatic heterocycles. The molecule has 0 aliphatic rings. The molecule has 128 valence electrons. The fourth-order valence-corrected chi connectivity index (χ4v) is 2.56. The molecule has 0 unspecified atom stereocenters. The van der Waals surface area contributed by atoms with E-state index >= 15 is 0 Å². The number of ether oxygens (including phenoxy) is 1. The van der Waals surface area contributed by atoms with Crippen LogP contribution in [0.5, 0.6) is 0 Å². The van der Waals surface area contributed by atoms with Crippen LogP contribution in [-0.2, 0) is 28.9 Å². The van der Waals surface area contributed by atoms with Gasteiger partial charge < -0.3 is 14.6 Å². The van der Waals surface area contributed by atoms with Crippen LogP contribution in [0.4, 0.5) is 0 Å². The van der Waals surface area contributed by atoms with Gasteiger partial charge in [-0.1, -0.05) is 31.2 Å². The van der Waals surface area contributed by atoms with Gasteiger partial charge >= 0.3 is 5.97 Å². The third kappa shape index (κ3) is 4.47. The lowest BCUT2D eigenvalue weighted by molar-refractivity contribution is -0.119. The SMILES string of the molecule is CCOC(=O)c1cc(CC)n(Cc2ccc(CC(=O)NC)cc2)c1. The zero-order chi connectivity index (χ0) is 17.5. The number of likely N-dealkylation sites (N-methyl/N-ethyl adjacent to an activating group) is 1. The van der Waals surface area contributed by atoms with Crippen molar-refractivity contribution in [3.8, 4) is 0 Å². The molecule has 0 radical (unpaired) electrons. The Morgan fingerprint density at radius 2 is 1.79 bits per heavy atom. The molecule has 0 fully saturated rings. The highest BCUT2D eigenvalue weighted by atomic mass is 16.5. The molecule has 24 heavy (non-hydrogen) atoms. The van der Waals surface area contributed by atoms with Gasteiger partial charge in [0, 0.05) is 25.5 Å². The minimum atomic E-state index is -0.285. The Balaban J connectivity index is 2.12. The zero-order valence-corrected chi connectivity index (χ0v) is 14.5. The van der Waals surface area contributed by atoms with Crippen LogP contribution in [0.1, 0.15) is 41.0 Å². The number of hydrogen-bond acceptors (Lipinski definition) is 3. The standard InChI is InChI=1S/C19H24N2O3/c1-4-17-11-16(19(23)24-5-2)13-21(17)12-15-8-6-14(7-9-15)10-18(22)20-3/h6-9,11,13H,4-5,10,12H2,1-3H3,(H,20,22). The first-order chi connectivity index (χ1) is 11.6. The van der Waals surface area contributed by atoms with Crippen LogP contribution in [0.25, 0.3) is 0 Å². The molecule has 5 nitrogen and oxygen atoms in total. The van der Waals surface area contributed by atoms with Gasteiger partial charge in [0.15, 0.2) is 0 Å². The maximum atomic E-state index is 11.9. The Hall–Kier alpha value is -2.56. The van der Waals surface area contributed by atoms with E-state index in [1.54, 1.807) is 14.0 Å². The van der Waals surface area contributed by atoms with Gasteiger partial charge in [0.2, 0.25) is 5.91 Å². The number of nitrogens with one attached hydrogen (secondary N) is 1. The molecule has 1 aromatic heterocycles. The molecule has 0 saturated carbocycles. The van der Waals surface area contributed by atoms with E-state index in [1.807, 2.05) is 36.5 Å². The van der Waals surface area contributed by atoms with E-state index in [1.165, 1.54) is 0 Å². The summed E-state index contributed by atoms with van der Waals surface area (Å²) >= 11 is 0. The Bertz CT molecular complexity index is 702. The van der Waals surface area contributed by atoms with Crippen LogP contribution >= 0.6 is 0 Å². The van der Waals surface area contributed by atoms with Crippen molar-refractivity contribution in [3.05, 3.63) is 58.9 Å². The average molecular weight is 328 g/mol. The topological polar surface area (TPSA) is 60.3 Å². The van der Waals surface area contributed by atoms with Gasteiger partial charge in [-0.05, 0) is 30.5 Å². The molecule has 2 aromatic rings. The summed E-state index contributed by atoms with van der Waals surface area (Å²) in [6.07, 6.45) is 3.07. The van der Waals surface area contributed by atoms with Crippen molar-refractivity contribution in [3.63, 3.8) is 0 Å². The van der Waals surface area contributed by atoms with Crippen LogP contribution in [0, 0.1) is 0 Å². The van der Waals surface area contributed by atoms with E-state index in [0.29, 0.717) is 25.1 Å². The summed E-state index contributed by atoms with van der Waals surface area (Å²) in [5.41, 5.74) is 3.78. The van der Waals surface area contributed by atoms with Crippen LogP contribution < -0.4 is 5.32 Å². The summed E-state index contributed by atoms with van der Waals surface area (Å²) in [5.74, 6) is -0.285. The van der Waals surface area contributed by atoms with Gasteiger partial charge in [0.25, 0.3) is 0 Å². The molecule has 0 spiro atoms. The molecule has 0 saturated heterocycles. The van der Waals surface area contributed by atoms with Crippen molar-refractivity contribution in [1.29, 1.82) is 0 Å². The van der Waals surface area contributed by atoms with Crippen LogP contribution in [0.3, 0.4) is 0 Å². The zero-order valence-electron chi connectivity index (χ0n) is 14.5.